The number of carbonyl (C=O) groups is 1. The normalized spacial score (nSPS) is 39.2. The van der Waals surface area contributed by atoms with E-state index >= 15 is 0 Å². The molecule has 0 aromatic heterocycles. The first-order valence-corrected chi connectivity index (χ1v) is 15.3. The number of carbonyl (C=O) groups excluding carboxylic acids is 1. The fourth-order valence-corrected chi connectivity index (χ4v) is 7.29. The molecule has 2 aliphatic rings. The van der Waals surface area contributed by atoms with Crippen molar-refractivity contribution in [3.05, 3.63) is 0 Å². The maximum absolute atomic E-state index is 12.0. The van der Waals surface area contributed by atoms with Crippen molar-refractivity contribution in [2.75, 3.05) is 13.2 Å². The lowest BCUT2D eigenvalue weighted by atomic mass is 9.78. The van der Waals surface area contributed by atoms with Crippen LogP contribution in [-0.2, 0) is 18.7 Å². The summed E-state index contributed by atoms with van der Waals surface area (Å²) in [4.78, 5) is 12.0. The highest BCUT2D eigenvalue weighted by atomic mass is 28.4. The van der Waals surface area contributed by atoms with E-state index in [4.69, 9.17) is 13.9 Å². The summed E-state index contributed by atoms with van der Waals surface area (Å²) in [5.41, 5.74) is 0. The number of hydrogen-bond donors (Lipinski definition) is 8. The van der Waals surface area contributed by atoms with Crippen molar-refractivity contribution in [3.63, 3.8) is 0 Å². The summed E-state index contributed by atoms with van der Waals surface area (Å²) in [7, 11) is -2.55. The lowest BCUT2D eigenvalue weighted by molar-refractivity contribution is -0.286. The van der Waals surface area contributed by atoms with Gasteiger partial charge in [0, 0.05) is 12.8 Å². The minimum absolute atomic E-state index is 0.233. The number of aliphatic hydroxyl groups excluding tert-OH is 7. The predicted molar refractivity (Wildman–Crippen MR) is 130 cm³/mol. The number of aliphatic hydroxyl groups is 7. The van der Waals surface area contributed by atoms with Gasteiger partial charge < -0.3 is 55.0 Å². The Labute approximate surface area is 213 Å². The van der Waals surface area contributed by atoms with Gasteiger partial charge in [-0.2, -0.15) is 0 Å². The van der Waals surface area contributed by atoms with E-state index in [1.165, 1.54) is 6.92 Å². The molecule has 0 aromatic rings. The summed E-state index contributed by atoms with van der Waals surface area (Å²) in [6, 6.07) is -1.13. The summed E-state index contributed by atoms with van der Waals surface area (Å²) in [5.74, 6) is -1.53. The first kappa shape index (κ1) is 31.5. The predicted octanol–water partition coefficient (Wildman–Crippen LogP) is -1.95. The molecular formula is C23H45NO11Si. The highest BCUT2D eigenvalue weighted by Gasteiger charge is 2.56. The highest BCUT2D eigenvalue weighted by molar-refractivity contribution is 6.74. The monoisotopic (exact) mass is 539 g/mol. The van der Waals surface area contributed by atoms with Gasteiger partial charge in [0.1, 0.15) is 36.6 Å². The van der Waals surface area contributed by atoms with Gasteiger partial charge in [-0.25, -0.2) is 0 Å². The Morgan fingerprint density at radius 3 is 2.00 bits per heavy atom. The van der Waals surface area contributed by atoms with Crippen LogP contribution in [0, 0.1) is 11.8 Å². The van der Waals surface area contributed by atoms with Crippen LogP contribution in [0.5, 0.6) is 0 Å². The number of hydrogen-bond acceptors (Lipinski definition) is 11. The van der Waals surface area contributed by atoms with E-state index in [2.05, 4.69) is 33.0 Å². The zero-order valence-electron chi connectivity index (χ0n) is 22.1. The Morgan fingerprint density at radius 2 is 1.53 bits per heavy atom. The van der Waals surface area contributed by atoms with Crippen LogP contribution < -0.4 is 5.32 Å². The van der Waals surface area contributed by atoms with Gasteiger partial charge in [-0.3, -0.25) is 4.79 Å². The molecule has 8 N–H and O–H groups in total. The van der Waals surface area contributed by atoms with Gasteiger partial charge in [0.15, 0.2) is 14.6 Å². The van der Waals surface area contributed by atoms with E-state index in [1.54, 1.807) is 0 Å². The first-order valence-electron chi connectivity index (χ1n) is 12.4. The molecule has 1 amide bonds. The van der Waals surface area contributed by atoms with Crippen molar-refractivity contribution < 1.29 is 54.4 Å². The molecule has 2 aliphatic heterocycles. The molecule has 36 heavy (non-hydrogen) atoms. The van der Waals surface area contributed by atoms with Crippen molar-refractivity contribution in [1.29, 1.82) is 0 Å². The second kappa shape index (κ2) is 12.0. The summed E-state index contributed by atoms with van der Waals surface area (Å²) in [5, 5.41) is 75.2. The molecule has 2 heterocycles. The van der Waals surface area contributed by atoms with Gasteiger partial charge in [-0.15, -0.1) is 0 Å². The van der Waals surface area contributed by atoms with E-state index in [1.807, 2.05) is 13.1 Å². The van der Waals surface area contributed by atoms with E-state index in [0.717, 1.165) is 0 Å². The first-order chi connectivity index (χ1) is 16.5. The van der Waals surface area contributed by atoms with Gasteiger partial charge in [0.2, 0.25) is 5.91 Å². The SMILES string of the molecule is CC(=O)N[C@H]1[C@H](O[Si](C)(C)C(C)(C)C(C)C)O[C@H](CO)[C@@H]([C@@H](O)[C@@H]2O[C@H](CO)[C@H](O)[C@H](O)[C@H]2O)[C@@H]1O. The smallest absolute Gasteiger partial charge is 0.217 e. The minimum atomic E-state index is -2.55. The topological polar surface area (TPSA) is 198 Å². The number of ether oxygens (including phenoxy) is 2. The molecule has 0 radical (unpaired) electrons. The van der Waals surface area contributed by atoms with Crippen LogP contribution in [0.25, 0.3) is 0 Å². The molecular weight excluding hydrogens is 494 g/mol. The van der Waals surface area contributed by atoms with Crippen LogP contribution in [0.3, 0.4) is 0 Å². The molecule has 0 unspecified atom stereocenters. The lowest BCUT2D eigenvalue weighted by Gasteiger charge is -2.52. The number of rotatable bonds is 9. The van der Waals surface area contributed by atoms with E-state index in [0.29, 0.717) is 0 Å². The maximum atomic E-state index is 12.0. The maximum Gasteiger partial charge on any atom is 0.217 e. The largest absolute Gasteiger partial charge is 0.394 e. The van der Waals surface area contributed by atoms with Gasteiger partial charge >= 0.3 is 0 Å². The third-order valence-corrected chi connectivity index (χ3v) is 12.9. The molecule has 0 aliphatic carbocycles. The van der Waals surface area contributed by atoms with E-state index in [9.17, 15) is 40.5 Å². The van der Waals surface area contributed by atoms with Crippen molar-refractivity contribution in [2.45, 2.75) is 114 Å². The zero-order valence-corrected chi connectivity index (χ0v) is 23.1. The van der Waals surface area contributed by atoms with Crippen LogP contribution in [0.15, 0.2) is 0 Å². The van der Waals surface area contributed by atoms with Crippen LogP contribution >= 0.6 is 0 Å². The lowest BCUT2D eigenvalue weighted by Crippen LogP contribution is -2.70. The summed E-state index contributed by atoms with van der Waals surface area (Å²) in [6.07, 6.45) is -13.5. The molecule has 212 valence electrons. The van der Waals surface area contributed by atoms with Crippen molar-refractivity contribution in [2.24, 2.45) is 11.8 Å². The average molecular weight is 540 g/mol. The third kappa shape index (κ3) is 6.12. The molecule has 2 fully saturated rings. The fourth-order valence-electron chi connectivity index (χ4n) is 4.81. The molecule has 12 nitrogen and oxygen atoms in total. The second-order valence-corrected chi connectivity index (χ2v) is 15.9. The molecule has 11 atom stereocenters. The number of nitrogens with one attached hydrogen (secondary N) is 1. The summed E-state index contributed by atoms with van der Waals surface area (Å²) in [6.45, 7) is 12.2. The van der Waals surface area contributed by atoms with Crippen LogP contribution in [0.2, 0.25) is 18.1 Å². The van der Waals surface area contributed by atoms with Crippen LogP contribution in [0.1, 0.15) is 34.6 Å². The Balaban J connectivity index is 2.39. The van der Waals surface area contributed by atoms with Crippen molar-refractivity contribution >= 4 is 14.2 Å². The third-order valence-electron chi connectivity index (χ3n) is 8.41. The molecule has 2 saturated heterocycles. The molecule has 0 saturated carbocycles. The molecule has 2 rings (SSSR count). The van der Waals surface area contributed by atoms with E-state index in [-0.39, 0.29) is 11.0 Å². The molecule has 0 bridgehead atoms. The minimum Gasteiger partial charge on any atom is -0.394 e. The van der Waals surface area contributed by atoms with Gasteiger partial charge in [-0.1, -0.05) is 27.7 Å². The fraction of sp³-hybridized carbons (Fsp3) is 0.957. The highest BCUT2D eigenvalue weighted by Crippen LogP contribution is 2.46. The Bertz CT molecular complexity index is 737. The standard InChI is InChI=1S/C23H45NO11Si/c1-10(2)23(4,5)36(6,7)35-22-15(24-11(3)27)17(29)14(12(8-25)34-22)18(30)21-20(32)19(31)16(28)13(9-26)33-21/h10,12-22,25-26,28-32H,8-9H2,1-7H3,(H,24,27)/t12-,13-,14-,15-,16+,17+,18-,19+,20-,21+,22+/m1/s1. The van der Waals surface area contributed by atoms with Gasteiger partial charge in [0.25, 0.3) is 0 Å². The second-order valence-electron chi connectivity index (χ2n) is 11.3. The zero-order chi connectivity index (χ0) is 27.7. The Kier molecular flexibility index (Phi) is 10.5. The van der Waals surface area contributed by atoms with Gasteiger partial charge in [-0.05, 0) is 24.1 Å². The average Bonchev–Trinajstić information content (AvgIpc) is 2.78. The van der Waals surface area contributed by atoms with Crippen LogP contribution in [0.4, 0.5) is 0 Å². The van der Waals surface area contributed by atoms with E-state index < -0.39 is 94.5 Å². The number of amides is 1. The summed E-state index contributed by atoms with van der Waals surface area (Å²) >= 11 is 0. The molecule has 13 heteroatoms. The molecule has 0 spiro atoms. The Hall–Kier alpha value is -0.713. The quantitative estimate of drug-likeness (QED) is 0.151. The Morgan fingerprint density at radius 1 is 0.972 bits per heavy atom. The van der Waals surface area contributed by atoms with Crippen LogP contribution in [-0.4, -0.2) is 124 Å². The molecule has 0 aromatic carbocycles. The summed E-state index contributed by atoms with van der Waals surface area (Å²) < 4.78 is 17.9. The van der Waals surface area contributed by atoms with Gasteiger partial charge in [0.05, 0.1) is 31.5 Å². The van der Waals surface area contributed by atoms with Crippen molar-refractivity contribution in [1.82, 2.24) is 5.32 Å². The van der Waals surface area contributed by atoms with Crippen molar-refractivity contribution in [3.8, 4) is 0 Å².